The van der Waals surface area contributed by atoms with Crippen molar-refractivity contribution in [2.75, 3.05) is 11.9 Å². The Morgan fingerprint density at radius 3 is 2.60 bits per heavy atom. The van der Waals surface area contributed by atoms with Crippen LogP contribution in [0.25, 0.3) is 0 Å². The van der Waals surface area contributed by atoms with Gasteiger partial charge in [0.05, 0.1) is 12.2 Å². The second-order valence-electron chi connectivity index (χ2n) is 6.02. The summed E-state index contributed by atoms with van der Waals surface area (Å²) in [6.07, 6.45) is 1.92. The lowest BCUT2D eigenvalue weighted by Gasteiger charge is -2.15. The fraction of sp³-hybridized carbons (Fsp3) is 0.400. The van der Waals surface area contributed by atoms with Crippen LogP contribution in [-0.2, 0) is 6.54 Å². The number of benzene rings is 1. The predicted molar refractivity (Wildman–Crippen MR) is 101 cm³/mol. The molecule has 134 valence electrons. The van der Waals surface area contributed by atoms with Crippen molar-refractivity contribution in [2.24, 2.45) is 0 Å². The molecule has 2 rings (SSSR count). The molecule has 0 aliphatic rings. The van der Waals surface area contributed by atoms with Crippen molar-refractivity contribution in [1.82, 2.24) is 4.57 Å². The zero-order valence-electron chi connectivity index (χ0n) is 15.4. The number of carbonyl (C=O) groups excluding carboxylic acids is 1. The van der Waals surface area contributed by atoms with Gasteiger partial charge in [0.15, 0.2) is 0 Å². The molecule has 0 atom stereocenters. The van der Waals surface area contributed by atoms with E-state index in [0.717, 1.165) is 24.1 Å². The van der Waals surface area contributed by atoms with Gasteiger partial charge in [0, 0.05) is 12.2 Å². The number of amides is 1. The van der Waals surface area contributed by atoms with E-state index < -0.39 is 0 Å². The highest BCUT2D eigenvalue weighted by Crippen LogP contribution is 2.19. The van der Waals surface area contributed by atoms with E-state index in [-0.39, 0.29) is 11.5 Å². The van der Waals surface area contributed by atoms with Crippen LogP contribution in [-0.4, -0.2) is 17.1 Å². The molecule has 0 aliphatic carbocycles. The lowest BCUT2D eigenvalue weighted by molar-refractivity contribution is 0.102. The summed E-state index contributed by atoms with van der Waals surface area (Å²) in [5.74, 6) is 0.170. The minimum absolute atomic E-state index is 0.168. The Morgan fingerprint density at radius 1 is 1.20 bits per heavy atom. The molecule has 1 heterocycles. The van der Waals surface area contributed by atoms with Crippen LogP contribution in [0.2, 0.25) is 0 Å². The first-order chi connectivity index (χ1) is 12.0. The maximum Gasteiger partial charge on any atom is 0.274 e. The summed E-state index contributed by atoms with van der Waals surface area (Å²) in [4.78, 5) is 25.4. The normalized spacial score (nSPS) is 10.6. The SMILES string of the molecule is CCCCn1c(C)c(C)cc(NC(=O)c2ccccc2OCC)c1=O. The summed E-state index contributed by atoms with van der Waals surface area (Å²) in [6, 6.07) is 8.77. The number of rotatable bonds is 7. The second kappa shape index (κ2) is 8.51. The van der Waals surface area contributed by atoms with E-state index in [1.54, 1.807) is 28.8 Å². The highest BCUT2D eigenvalue weighted by molar-refractivity contribution is 6.06. The topological polar surface area (TPSA) is 60.3 Å². The van der Waals surface area contributed by atoms with Crippen LogP contribution in [0.4, 0.5) is 5.69 Å². The van der Waals surface area contributed by atoms with E-state index in [9.17, 15) is 9.59 Å². The zero-order chi connectivity index (χ0) is 18.4. The Morgan fingerprint density at radius 2 is 1.92 bits per heavy atom. The number of aromatic nitrogens is 1. The Kier molecular flexibility index (Phi) is 6.39. The molecule has 1 amide bonds. The van der Waals surface area contributed by atoms with Gasteiger partial charge in [0.25, 0.3) is 11.5 Å². The predicted octanol–water partition coefficient (Wildman–Crippen LogP) is 3.92. The second-order valence-corrected chi connectivity index (χ2v) is 6.02. The first-order valence-corrected chi connectivity index (χ1v) is 8.73. The minimum Gasteiger partial charge on any atom is -0.493 e. The first-order valence-electron chi connectivity index (χ1n) is 8.73. The van der Waals surface area contributed by atoms with Gasteiger partial charge < -0.3 is 14.6 Å². The van der Waals surface area contributed by atoms with Crippen molar-refractivity contribution in [3.8, 4) is 5.75 Å². The van der Waals surface area contributed by atoms with Gasteiger partial charge in [-0.3, -0.25) is 9.59 Å². The van der Waals surface area contributed by atoms with E-state index in [1.165, 1.54) is 0 Å². The summed E-state index contributed by atoms with van der Waals surface area (Å²) in [5.41, 5.74) is 2.46. The number of aryl methyl sites for hydroxylation is 1. The molecule has 0 aliphatic heterocycles. The molecular weight excluding hydrogens is 316 g/mol. The Bertz CT molecular complexity index is 809. The molecule has 1 aromatic heterocycles. The van der Waals surface area contributed by atoms with Crippen LogP contribution in [0.5, 0.6) is 5.75 Å². The van der Waals surface area contributed by atoms with Crippen LogP contribution in [0.15, 0.2) is 35.1 Å². The lowest BCUT2D eigenvalue weighted by Crippen LogP contribution is -2.28. The van der Waals surface area contributed by atoms with Crippen LogP contribution in [0, 0.1) is 13.8 Å². The maximum atomic E-state index is 12.7. The number of ether oxygens (including phenoxy) is 1. The number of nitrogens with one attached hydrogen (secondary N) is 1. The summed E-state index contributed by atoms with van der Waals surface area (Å²) in [7, 11) is 0. The first kappa shape index (κ1) is 18.8. The molecule has 0 bridgehead atoms. The van der Waals surface area contributed by atoms with Gasteiger partial charge >= 0.3 is 0 Å². The quantitative estimate of drug-likeness (QED) is 0.830. The van der Waals surface area contributed by atoms with E-state index in [0.29, 0.717) is 30.2 Å². The largest absolute Gasteiger partial charge is 0.493 e. The van der Waals surface area contributed by atoms with E-state index in [2.05, 4.69) is 12.2 Å². The molecule has 1 N–H and O–H groups in total. The molecule has 1 aromatic carbocycles. The molecule has 25 heavy (non-hydrogen) atoms. The van der Waals surface area contributed by atoms with Crippen molar-refractivity contribution >= 4 is 11.6 Å². The van der Waals surface area contributed by atoms with Gasteiger partial charge in [-0.15, -0.1) is 0 Å². The van der Waals surface area contributed by atoms with Gasteiger partial charge in [-0.05, 0) is 51.0 Å². The van der Waals surface area contributed by atoms with Gasteiger partial charge in [-0.1, -0.05) is 25.5 Å². The maximum absolute atomic E-state index is 12.7. The van der Waals surface area contributed by atoms with E-state index in [1.807, 2.05) is 26.8 Å². The molecule has 0 fully saturated rings. The molecule has 5 heteroatoms. The molecular formula is C20H26N2O3. The van der Waals surface area contributed by atoms with Gasteiger partial charge in [-0.25, -0.2) is 0 Å². The van der Waals surface area contributed by atoms with Gasteiger partial charge in [0.2, 0.25) is 0 Å². The monoisotopic (exact) mass is 342 g/mol. The smallest absolute Gasteiger partial charge is 0.274 e. The van der Waals surface area contributed by atoms with Gasteiger partial charge in [-0.2, -0.15) is 0 Å². The van der Waals surface area contributed by atoms with Crippen molar-refractivity contribution < 1.29 is 9.53 Å². The molecule has 0 unspecified atom stereocenters. The number of para-hydroxylation sites is 1. The summed E-state index contributed by atoms with van der Waals surface area (Å²) in [6.45, 7) is 8.95. The molecule has 5 nitrogen and oxygen atoms in total. The molecule has 0 saturated carbocycles. The number of hydrogen-bond donors (Lipinski definition) is 1. The molecule has 0 spiro atoms. The molecule has 0 saturated heterocycles. The highest BCUT2D eigenvalue weighted by Gasteiger charge is 2.16. The highest BCUT2D eigenvalue weighted by atomic mass is 16.5. The van der Waals surface area contributed by atoms with E-state index in [4.69, 9.17) is 4.74 Å². The number of carbonyl (C=O) groups is 1. The molecule has 2 aromatic rings. The third kappa shape index (κ3) is 4.29. The number of hydrogen-bond acceptors (Lipinski definition) is 3. The Balaban J connectivity index is 2.36. The minimum atomic E-state index is -0.341. The lowest BCUT2D eigenvalue weighted by atomic mass is 10.1. The third-order valence-corrected chi connectivity index (χ3v) is 4.23. The zero-order valence-corrected chi connectivity index (χ0v) is 15.4. The molecule has 0 radical (unpaired) electrons. The Hall–Kier alpha value is -2.56. The van der Waals surface area contributed by atoms with Crippen molar-refractivity contribution in [1.29, 1.82) is 0 Å². The number of anilines is 1. The number of pyridine rings is 1. The van der Waals surface area contributed by atoms with Crippen LogP contribution < -0.4 is 15.6 Å². The standard InChI is InChI=1S/C20H26N2O3/c1-5-7-12-22-15(4)14(3)13-17(20(22)24)21-19(23)16-10-8-9-11-18(16)25-6-2/h8-11,13H,5-7,12H2,1-4H3,(H,21,23). The van der Waals surface area contributed by atoms with Crippen molar-refractivity contribution in [3.63, 3.8) is 0 Å². The van der Waals surface area contributed by atoms with Crippen molar-refractivity contribution in [3.05, 3.63) is 57.5 Å². The Labute approximate surface area is 148 Å². The fourth-order valence-corrected chi connectivity index (χ4v) is 2.69. The van der Waals surface area contributed by atoms with E-state index >= 15 is 0 Å². The third-order valence-electron chi connectivity index (χ3n) is 4.23. The van der Waals surface area contributed by atoms with Crippen LogP contribution in [0.1, 0.15) is 48.3 Å². The fourth-order valence-electron chi connectivity index (χ4n) is 2.69. The summed E-state index contributed by atoms with van der Waals surface area (Å²) in [5, 5.41) is 2.76. The average Bonchev–Trinajstić information content (AvgIpc) is 2.60. The summed E-state index contributed by atoms with van der Waals surface area (Å²) < 4.78 is 7.24. The average molecular weight is 342 g/mol. The summed E-state index contributed by atoms with van der Waals surface area (Å²) >= 11 is 0. The van der Waals surface area contributed by atoms with Crippen molar-refractivity contribution in [2.45, 2.75) is 47.1 Å². The van der Waals surface area contributed by atoms with Crippen LogP contribution >= 0.6 is 0 Å². The van der Waals surface area contributed by atoms with Crippen LogP contribution in [0.3, 0.4) is 0 Å². The number of unbranched alkanes of at least 4 members (excludes halogenated alkanes) is 1. The number of nitrogens with zero attached hydrogens (tertiary/aromatic N) is 1. The van der Waals surface area contributed by atoms with Gasteiger partial charge in [0.1, 0.15) is 11.4 Å².